The second-order valence-corrected chi connectivity index (χ2v) is 6.57. The minimum atomic E-state index is -0.588. The Labute approximate surface area is 158 Å². The lowest BCUT2D eigenvalue weighted by Gasteiger charge is -2.16. The minimum Gasteiger partial charge on any atom is -0.493 e. The SMILES string of the molecule is COc1ccc(C(=O)OCC(=O)NCC2(c3ccccc3)CC2)cc1OC. The predicted molar refractivity (Wildman–Crippen MR) is 100 cm³/mol. The summed E-state index contributed by atoms with van der Waals surface area (Å²) < 4.78 is 15.4. The minimum absolute atomic E-state index is 0.0181. The van der Waals surface area contributed by atoms with Crippen LogP contribution in [0.5, 0.6) is 11.5 Å². The summed E-state index contributed by atoms with van der Waals surface area (Å²) in [6, 6.07) is 14.8. The molecule has 27 heavy (non-hydrogen) atoms. The van der Waals surface area contributed by atoms with Gasteiger partial charge in [-0.05, 0) is 36.6 Å². The third kappa shape index (κ3) is 4.39. The maximum absolute atomic E-state index is 12.2. The van der Waals surface area contributed by atoms with Gasteiger partial charge in [-0.1, -0.05) is 30.3 Å². The van der Waals surface area contributed by atoms with Crippen molar-refractivity contribution in [2.45, 2.75) is 18.3 Å². The molecule has 1 fully saturated rings. The van der Waals surface area contributed by atoms with Gasteiger partial charge in [-0.25, -0.2) is 4.79 Å². The van der Waals surface area contributed by atoms with E-state index >= 15 is 0 Å². The van der Waals surface area contributed by atoms with Gasteiger partial charge in [0.1, 0.15) is 0 Å². The van der Waals surface area contributed by atoms with Crippen molar-refractivity contribution in [2.24, 2.45) is 0 Å². The molecule has 0 aromatic heterocycles. The van der Waals surface area contributed by atoms with Crippen LogP contribution in [0.4, 0.5) is 0 Å². The molecule has 1 aliphatic rings. The second kappa shape index (κ2) is 8.12. The van der Waals surface area contributed by atoms with Crippen LogP contribution in [0.3, 0.4) is 0 Å². The number of ether oxygens (including phenoxy) is 3. The number of hydrogen-bond donors (Lipinski definition) is 1. The molecule has 0 saturated heterocycles. The van der Waals surface area contributed by atoms with Gasteiger partial charge in [-0.15, -0.1) is 0 Å². The zero-order valence-corrected chi connectivity index (χ0v) is 15.5. The Morgan fingerprint density at radius 2 is 1.70 bits per heavy atom. The molecule has 6 nitrogen and oxygen atoms in total. The number of carbonyl (C=O) groups excluding carboxylic acids is 2. The van der Waals surface area contributed by atoms with Gasteiger partial charge in [-0.2, -0.15) is 0 Å². The number of benzene rings is 2. The molecule has 2 aromatic carbocycles. The highest BCUT2D eigenvalue weighted by Crippen LogP contribution is 2.47. The summed E-state index contributed by atoms with van der Waals surface area (Å²) in [6.45, 7) is 0.224. The summed E-state index contributed by atoms with van der Waals surface area (Å²) in [5.74, 6) is 0.0405. The van der Waals surface area contributed by atoms with Gasteiger partial charge < -0.3 is 19.5 Å². The van der Waals surface area contributed by atoms with E-state index < -0.39 is 5.97 Å². The largest absolute Gasteiger partial charge is 0.493 e. The molecule has 1 aliphatic carbocycles. The van der Waals surface area contributed by atoms with Crippen molar-refractivity contribution in [3.8, 4) is 11.5 Å². The van der Waals surface area contributed by atoms with E-state index in [1.807, 2.05) is 18.2 Å². The molecule has 0 spiro atoms. The first-order chi connectivity index (χ1) is 13.1. The molecule has 0 radical (unpaired) electrons. The van der Waals surface area contributed by atoms with Gasteiger partial charge in [-0.3, -0.25) is 4.79 Å². The van der Waals surface area contributed by atoms with E-state index in [4.69, 9.17) is 14.2 Å². The average Bonchev–Trinajstić information content (AvgIpc) is 3.51. The van der Waals surface area contributed by atoms with Crippen LogP contribution in [0.25, 0.3) is 0 Å². The van der Waals surface area contributed by atoms with Crippen LogP contribution in [-0.4, -0.2) is 39.2 Å². The van der Waals surface area contributed by atoms with Gasteiger partial charge in [0.15, 0.2) is 18.1 Å². The zero-order chi connectivity index (χ0) is 19.3. The smallest absolute Gasteiger partial charge is 0.338 e. The molecule has 1 saturated carbocycles. The summed E-state index contributed by atoms with van der Waals surface area (Å²) in [7, 11) is 3.00. The highest BCUT2D eigenvalue weighted by atomic mass is 16.5. The van der Waals surface area contributed by atoms with Crippen LogP contribution < -0.4 is 14.8 Å². The molecule has 0 heterocycles. The zero-order valence-electron chi connectivity index (χ0n) is 15.5. The van der Waals surface area contributed by atoms with Crippen molar-refractivity contribution in [3.63, 3.8) is 0 Å². The number of esters is 1. The highest BCUT2D eigenvalue weighted by Gasteiger charge is 2.44. The summed E-state index contributed by atoms with van der Waals surface area (Å²) in [5.41, 5.74) is 1.54. The van der Waals surface area contributed by atoms with Crippen molar-refractivity contribution in [1.82, 2.24) is 5.32 Å². The molecular weight excluding hydrogens is 346 g/mol. The lowest BCUT2D eigenvalue weighted by Crippen LogP contribution is -2.35. The quantitative estimate of drug-likeness (QED) is 0.724. The van der Waals surface area contributed by atoms with Crippen LogP contribution in [0.2, 0.25) is 0 Å². The maximum Gasteiger partial charge on any atom is 0.338 e. The molecule has 3 rings (SSSR count). The van der Waals surface area contributed by atoms with E-state index in [1.54, 1.807) is 12.1 Å². The molecule has 6 heteroatoms. The Balaban J connectivity index is 1.50. The lowest BCUT2D eigenvalue weighted by molar-refractivity contribution is -0.124. The first kappa shape index (κ1) is 18.8. The molecule has 0 atom stereocenters. The van der Waals surface area contributed by atoms with E-state index in [2.05, 4.69) is 17.4 Å². The van der Waals surface area contributed by atoms with E-state index in [9.17, 15) is 9.59 Å². The fourth-order valence-corrected chi connectivity index (χ4v) is 3.01. The number of rotatable bonds is 8. The van der Waals surface area contributed by atoms with Crippen LogP contribution in [0.15, 0.2) is 48.5 Å². The topological polar surface area (TPSA) is 73.9 Å². The molecule has 2 aromatic rings. The van der Waals surface area contributed by atoms with Crippen LogP contribution >= 0.6 is 0 Å². The van der Waals surface area contributed by atoms with Crippen molar-refractivity contribution < 1.29 is 23.8 Å². The van der Waals surface area contributed by atoms with Gasteiger partial charge in [0.25, 0.3) is 5.91 Å². The third-order valence-electron chi connectivity index (χ3n) is 4.82. The fourth-order valence-electron chi connectivity index (χ4n) is 3.01. The number of methoxy groups -OCH3 is 2. The van der Waals surface area contributed by atoms with Crippen molar-refractivity contribution >= 4 is 11.9 Å². The standard InChI is InChI=1S/C21H23NO5/c1-25-17-9-8-15(12-18(17)26-2)20(24)27-13-19(23)22-14-21(10-11-21)16-6-4-3-5-7-16/h3-9,12H,10-11,13-14H2,1-2H3,(H,22,23). The summed E-state index contributed by atoms with van der Waals surface area (Å²) >= 11 is 0. The molecule has 0 bridgehead atoms. The normalized spacial score (nSPS) is 14.1. The lowest BCUT2D eigenvalue weighted by atomic mass is 9.96. The average molecular weight is 369 g/mol. The van der Waals surface area contributed by atoms with Gasteiger partial charge in [0.2, 0.25) is 0 Å². The van der Waals surface area contributed by atoms with Crippen molar-refractivity contribution in [1.29, 1.82) is 0 Å². The summed E-state index contributed by atoms with van der Waals surface area (Å²) in [4.78, 5) is 24.2. The summed E-state index contributed by atoms with van der Waals surface area (Å²) in [5, 5.41) is 2.87. The second-order valence-electron chi connectivity index (χ2n) is 6.57. The maximum atomic E-state index is 12.2. The first-order valence-electron chi connectivity index (χ1n) is 8.79. The fraction of sp³-hybridized carbons (Fsp3) is 0.333. The molecular formula is C21H23NO5. The van der Waals surface area contributed by atoms with E-state index in [0.717, 1.165) is 12.8 Å². The Hall–Kier alpha value is -3.02. The van der Waals surface area contributed by atoms with Gasteiger partial charge in [0, 0.05) is 12.0 Å². The number of nitrogens with one attached hydrogen (secondary N) is 1. The monoisotopic (exact) mass is 369 g/mol. The third-order valence-corrected chi connectivity index (χ3v) is 4.82. The predicted octanol–water partition coefficient (Wildman–Crippen LogP) is 2.71. The molecule has 1 amide bonds. The van der Waals surface area contributed by atoms with Crippen LogP contribution in [0, 0.1) is 0 Å². The molecule has 142 valence electrons. The number of hydrogen-bond acceptors (Lipinski definition) is 5. The van der Waals surface area contributed by atoms with Crippen molar-refractivity contribution in [2.75, 3.05) is 27.4 Å². The first-order valence-corrected chi connectivity index (χ1v) is 8.79. The Bertz CT molecular complexity index is 815. The number of carbonyl (C=O) groups is 2. The van der Waals surface area contributed by atoms with E-state index in [0.29, 0.717) is 23.6 Å². The highest BCUT2D eigenvalue weighted by molar-refractivity contribution is 5.92. The molecule has 0 aliphatic heterocycles. The number of amides is 1. The van der Waals surface area contributed by atoms with Gasteiger partial charge in [0.05, 0.1) is 19.8 Å². The van der Waals surface area contributed by atoms with E-state index in [-0.39, 0.29) is 17.9 Å². The van der Waals surface area contributed by atoms with Crippen molar-refractivity contribution in [3.05, 3.63) is 59.7 Å². The molecule has 1 N–H and O–H groups in total. The van der Waals surface area contributed by atoms with Crippen LogP contribution in [-0.2, 0) is 14.9 Å². The van der Waals surface area contributed by atoms with Crippen LogP contribution in [0.1, 0.15) is 28.8 Å². The molecule has 0 unspecified atom stereocenters. The van der Waals surface area contributed by atoms with E-state index in [1.165, 1.54) is 25.8 Å². The van der Waals surface area contributed by atoms with Gasteiger partial charge >= 0.3 is 5.97 Å². The Kier molecular flexibility index (Phi) is 5.64. The Morgan fingerprint density at radius 3 is 2.33 bits per heavy atom. The Morgan fingerprint density at radius 1 is 1.00 bits per heavy atom. The summed E-state index contributed by atoms with van der Waals surface area (Å²) in [6.07, 6.45) is 2.09.